The lowest BCUT2D eigenvalue weighted by atomic mass is 10.1. The Labute approximate surface area is 163 Å². The van der Waals surface area contributed by atoms with Crippen molar-refractivity contribution in [2.45, 2.75) is 18.2 Å². The highest BCUT2D eigenvalue weighted by Gasteiger charge is 2.32. The second-order valence-electron chi connectivity index (χ2n) is 6.30. The summed E-state index contributed by atoms with van der Waals surface area (Å²) in [5.74, 6) is 0.133. The van der Waals surface area contributed by atoms with Gasteiger partial charge in [0.05, 0.1) is 28.2 Å². The minimum Gasteiger partial charge on any atom is -0.319 e. The number of hydrogen-bond donors (Lipinski definition) is 2. The van der Waals surface area contributed by atoms with E-state index in [0.29, 0.717) is 39.2 Å². The first-order valence-electron chi connectivity index (χ1n) is 8.57. The van der Waals surface area contributed by atoms with Gasteiger partial charge in [0.1, 0.15) is 23.3 Å². The second-order valence-corrected chi connectivity index (χ2v) is 7.28. The molecule has 4 rings (SSSR count). The largest absolute Gasteiger partial charge is 0.319 e. The zero-order valence-electron chi connectivity index (χ0n) is 14.8. The molecule has 0 aliphatic carbocycles. The first-order chi connectivity index (χ1) is 13.5. The molecule has 3 aromatic rings. The third-order valence-electron chi connectivity index (χ3n) is 4.69. The predicted molar refractivity (Wildman–Crippen MR) is 107 cm³/mol. The summed E-state index contributed by atoms with van der Waals surface area (Å²) >= 11 is 1.08. The Hall–Kier alpha value is -3.44. The van der Waals surface area contributed by atoms with Gasteiger partial charge in [0.25, 0.3) is 5.56 Å². The van der Waals surface area contributed by atoms with E-state index in [1.54, 1.807) is 35.8 Å². The van der Waals surface area contributed by atoms with Gasteiger partial charge in [0, 0.05) is 22.8 Å². The van der Waals surface area contributed by atoms with E-state index in [2.05, 4.69) is 4.98 Å². The molecule has 8 heteroatoms. The first-order valence-corrected chi connectivity index (χ1v) is 9.55. The highest BCUT2D eigenvalue weighted by Crippen LogP contribution is 2.38. The fourth-order valence-electron chi connectivity index (χ4n) is 3.31. The average molecular weight is 390 g/mol. The fraction of sp³-hybridized carbons (Fsp3) is 0.150. The Balaban J connectivity index is 2.04. The summed E-state index contributed by atoms with van der Waals surface area (Å²) < 4.78 is 1.59. The predicted octanol–water partition coefficient (Wildman–Crippen LogP) is 2.49. The normalized spacial score (nSPS) is 11.9. The minimum atomic E-state index is -0.602. The number of fused-ring (bicyclic) bond motifs is 5. The Morgan fingerprint density at radius 3 is 2.79 bits per heavy atom. The molecular formula is C20H14N4O3S. The highest BCUT2D eigenvalue weighted by molar-refractivity contribution is 8.00. The number of carbonyl (C=O) groups is 1. The molecule has 0 bridgehead atoms. The standard InChI is InChI=1S/C20H14N4O3S/c1-2-10(25)9-28-18-12(8-21)20(27)23-17-14-7-15(26)11-5-3-4-6-13(11)24(14)19(22)16(17)18/h3-7,22H,2,9H2,1H3,(H,23,27). The summed E-state index contributed by atoms with van der Waals surface area (Å²) in [4.78, 5) is 39.7. The molecule has 0 radical (unpaired) electrons. The van der Waals surface area contributed by atoms with Crippen LogP contribution in [-0.2, 0) is 4.79 Å². The van der Waals surface area contributed by atoms with Crippen LogP contribution >= 0.6 is 11.8 Å². The molecule has 28 heavy (non-hydrogen) atoms. The number of aromatic nitrogens is 2. The SMILES string of the molecule is CCC(=O)CSc1c2c([nH]c(=O)c1C#N)-c1cc(=O)c3ccccc3n1C2=N. The number of nitrogens with one attached hydrogen (secondary N) is 2. The molecular weight excluding hydrogens is 376 g/mol. The van der Waals surface area contributed by atoms with Crippen LogP contribution in [0.4, 0.5) is 0 Å². The van der Waals surface area contributed by atoms with E-state index in [-0.39, 0.29) is 28.4 Å². The van der Waals surface area contributed by atoms with Crippen molar-refractivity contribution in [3.05, 3.63) is 62.0 Å². The lowest BCUT2D eigenvalue weighted by molar-refractivity contribution is -0.116. The topological polar surface area (TPSA) is 120 Å². The molecule has 7 nitrogen and oxygen atoms in total. The van der Waals surface area contributed by atoms with Crippen molar-refractivity contribution >= 4 is 34.3 Å². The van der Waals surface area contributed by atoms with E-state index in [0.717, 1.165) is 11.8 Å². The van der Waals surface area contributed by atoms with Crippen molar-refractivity contribution in [1.82, 2.24) is 9.55 Å². The molecule has 0 saturated heterocycles. The number of H-pyrrole nitrogens is 1. The van der Waals surface area contributed by atoms with Crippen LogP contribution in [0.15, 0.2) is 44.8 Å². The lowest BCUT2D eigenvalue weighted by Crippen LogP contribution is -2.17. The van der Waals surface area contributed by atoms with E-state index < -0.39 is 5.56 Å². The zero-order chi connectivity index (χ0) is 20.0. The number of benzene rings is 1. The molecule has 3 heterocycles. The number of thioether (sulfide) groups is 1. The summed E-state index contributed by atoms with van der Waals surface area (Å²) in [7, 11) is 0. The Bertz CT molecular complexity index is 1340. The fourth-order valence-corrected chi connectivity index (χ4v) is 4.44. The van der Waals surface area contributed by atoms with Gasteiger partial charge in [-0.25, -0.2) is 0 Å². The Morgan fingerprint density at radius 1 is 1.32 bits per heavy atom. The van der Waals surface area contributed by atoms with Gasteiger partial charge in [-0.1, -0.05) is 19.1 Å². The van der Waals surface area contributed by atoms with Crippen LogP contribution in [0.2, 0.25) is 0 Å². The van der Waals surface area contributed by atoms with Gasteiger partial charge in [-0.3, -0.25) is 24.4 Å². The summed E-state index contributed by atoms with van der Waals surface area (Å²) in [6, 6.07) is 10.2. The number of para-hydroxylation sites is 1. The van der Waals surface area contributed by atoms with Crippen molar-refractivity contribution in [3.8, 4) is 17.5 Å². The first kappa shape index (κ1) is 17.9. The molecule has 1 aromatic carbocycles. The van der Waals surface area contributed by atoms with Crippen LogP contribution in [0, 0.1) is 16.7 Å². The molecule has 138 valence electrons. The molecule has 2 aromatic heterocycles. The maximum atomic E-state index is 12.5. The molecule has 0 spiro atoms. The lowest BCUT2D eigenvalue weighted by Gasteiger charge is -2.10. The summed E-state index contributed by atoms with van der Waals surface area (Å²) in [5, 5.41) is 18.6. The van der Waals surface area contributed by atoms with Crippen molar-refractivity contribution in [3.63, 3.8) is 0 Å². The van der Waals surface area contributed by atoms with E-state index >= 15 is 0 Å². The maximum absolute atomic E-state index is 12.5. The van der Waals surface area contributed by atoms with Crippen LogP contribution in [0.1, 0.15) is 24.5 Å². The summed E-state index contributed by atoms with van der Waals surface area (Å²) in [5.41, 5.74) is 0.680. The van der Waals surface area contributed by atoms with Crippen molar-refractivity contribution in [2.75, 3.05) is 5.75 Å². The van der Waals surface area contributed by atoms with Gasteiger partial charge in [-0.15, -0.1) is 11.8 Å². The number of nitrogens with zero attached hydrogens (tertiary/aromatic N) is 2. The molecule has 0 atom stereocenters. The molecule has 0 saturated carbocycles. The second kappa shape index (κ2) is 6.62. The molecule has 2 N–H and O–H groups in total. The van der Waals surface area contributed by atoms with E-state index in [9.17, 15) is 19.6 Å². The van der Waals surface area contributed by atoms with Crippen LogP contribution in [0.5, 0.6) is 0 Å². The summed E-state index contributed by atoms with van der Waals surface area (Å²) in [6.45, 7) is 1.74. The van der Waals surface area contributed by atoms with E-state index in [1.165, 1.54) is 6.07 Å². The van der Waals surface area contributed by atoms with Gasteiger partial charge in [0.15, 0.2) is 5.43 Å². The van der Waals surface area contributed by atoms with Gasteiger partial charge < -0.3 is 4.98 Å². The summed E-state index contributed by atoms with van der Waals surface area (Å²) in [6.07, 6.45) is 0.344. The highest BCUT2D eigenvalue weighted by atomic mass is 32.2. The number of pyridine rings is 2. The number of ketones is 1. The van der Waals surface area contributed by atoms with Gasteiger partial charge in [0.2, 0.25) is 0 Å². The Kier molecular flexibility index (Phi) is 4.24. The number of rotatable bonds is 4. The number of hydrogen-bond acceptors (Lipinski definition) is 6. The van der Waals surface area contributed by atoms with Gasteiger partial charge in [-0.05, 0) is 12.1 Å². The molecule has 0 unspecified atom stereocenters. The number of aromatic amines is 1. The zero-order valence-corrected chi connectivity index (χ0v) is 15.6. The monoisotopic (exact) mass is 390 g/mol. The van der Waals surface area contributed by atoms with Crippen molar-refractivity contribution in [2.24, 2.45) is 0 Å². The van der Waals surface area contributed by atoms with Crippen molar-refractivity contribution < 1.29 is 4.79 Å². The number of Topliss-reactive ketones (excluding diaryl/α,β-unsaturated/α-hetero) is 1. The van der Waals surface area contributed by atoms with Crippen LogP contribution in [0.25, 0.3) is 22.3 Å². The van der Waals surface area contributed by atoms with Crippen molar-refractivity contribution in [1.29, 1.82) is 10.7 Å². The van der Waals surface area contributed by atoms with E-state index in [1.807, 2.05) is 6.07 Å². The van der Waals surface area contributed by atoms with Crippen LogP contribution in [-0.4, -0.2) is 26.9 Å². The van der Waals surface area contributed by atoms with E-state index in [4.69, 9.17) is 5.41 Å². The smallest absolute Gasteiger partial charge is 0.267 e. The molecule has 1 aliphatic rings. The third kappa shape index (κ3) is 2.52. The molecule has 1 aliphatic heterocycles. The Morgan fingerprint density at radius 2 is 2.07 bits per heavy atom. The van der Waals surface area contributed by atoms with Gasteiger partial charge >= 0.3 is 0 Å². The molecule has 0 fully saturated rings. The van der Waals surface area contributed by atoms with Crippen LogP contribution < -0.4 is 11.0 Å². The number of carbonyl (C=O) groups excluding carboxylic acids is 1. The maximum Gasteiger partial charge on any atom is 0.267 e. The minimum absolute atomic E-state index is 0.0232. The number of nitriles is 1. The van der Waals surface area contributed by atoms with Gasteiger partial charge in [-0.2, -0.15) is 5.26 Å². The average Bonchev–Trinajstić information content (AvgIpc) is 2.97. The quantitative estimate of drug-likeness (QED) is 0.519. The van der Waals surface area contributed by atoms with Crippen LogP contribution in [0.3, 0.4) is 0 Å². The third-order valence-corrected chi connectivity index (χ3v) is 5.85. The molecule has 0 amide bonds.